The largest absolute Gasteiger partial charge is 0.389 e. The average molecular weight is 444 g/mol. The molecule has 1 amide bonds. The summed E-state index contributed by atoms with van der Waals surface area (Å²) in [5.41, 5.74) is 4.56. The van der Waals surface area contributed by atoms with Gasteiger partial charge in [-0.1, -0.05) is 0 Å². The van der Waals surface area contributed by atoms with Gasteiger partial charge >= 0.3 is 0 Å². The molecule has 0 atom stereocenters. The van der Waals surface area contributed by atoms with E-state index in [1.807, 2.05) is 6.07 Å². The minimum atomic E-state index is -0.435. The number of aliphatic hydroxyl groups excluding tert-OH is 1. The number of likely N-dealkylation sites (tertiary alicyclic amines) is 1. The topological polar surface area (TPSA) is 101 Å². The lowest BCUT2D eigenvalue weighted by Crippen LogP contribution is -2.53. The van der Waals surface area contributed by atoms with Crippen molar-refractivity contribution in [1.82, 2.24) is 29.2 Å². The summed E-state index contributed by atoms with van der Waals surface area (Å²) < 4.78 is 3.97. The molecule has 6 rings (SSSR count). The lowest BCUT2D eigenvalue weighted by Gasteiger charge is -2.35. The van der Waals surface area contributed by atoms with Crippen molar-refractivity contribution in [2.24, 2.45) is 0 Å². The molecule has 1 aliphatic heterocycles. The van der Waals surface area contributed by atoms with Gasteiger partial charge in [-0.15, -0.1) is 0 Å². The molecule has 4 heterocycles. The molecule has 9 heteroatoms. The maximum atomic E-state index is 12.6. The molecule has 2 fully saturated rings. The lowest BCUT2D eigenvalue weighted by atomic mass is 10.1. The number of carbonyl (C=O) groups is 1. The zero-order valence-electron chi connectivity index (χ0n) is 18.6. The van der Waals surface area contributed by atoms with Crippen LogP contribution in [0.3, 0.4) is 0 Å². The Morgan fingerprint density at radius 3 is 2.73 bits per heavy atom. The molecule has 168 valence electrons. The van der Waals surface area contributed by atoms with Crippen LogP contribution in [0.5, 0.6) is 0 Å². The molecule has 3 aromatic heterocycles. The van der Waals surface area contributed by atoms with E-state index in [0.717, 1.165) is 5.69 Å². The summed E-state index contributed by atoms with van der Waals surface area (Å²) in [6.07, 6.45) is 7.67. The van der Waals surface area contributed by atoms with E-state index in [9.17, 15) is 9.90 Å². The van der Waals surface area contributed by atoms with Gasteiger partial charge in [0, 0.05) is 60.4 Å². The van der Waals surface area contributed by atoms with Gasteiger partial charge in [0.05, 0.1) is 17.4 Å². The predicted molar refractivity (Wildman–Crippen MR) is 124 cm³/mol. The summed E-state index contributed by atoms with van der Waals surface area (Å²) in [6, 6.07) is 8.72. The Balaban J connectivity index is 1.25. The highest BCUT2D eigenvalue weighted by Crippen LogP contribution is 2.39. The normalized spacial score (nSPS) is 16.3. The Kier molecular flexibility index (Phi) is 4.48. The number of nitrogens with zero attached hydrogens (tertiary/aromatic N) is 6. The molecule has 1 aromatic carbocycles. The first-order valence-corrected chi connectivity index (χ1v) is 11.2. The number of amides is 1. The van der Waals surface area contributed by atoms with Gasteiger partial charge in [0.2, 0.25) is 5.95 Å². The summed E-state index contributed by atoms with van der Waals surface area (Å²) in [4.78, 5) is 23.2. The van der Waals surface area contributed by atoms with Crippen molar-refractivity contribution in [2.75, 3.05) is 18.4 Å². The van der Waals surface area contributed by atoms with Gasteiger partial charge < -0.3 is 19.9 Å². The fourth-order valence-electron chi connectivity index (χ4n) is 4.40. The third-order valence-corrected chi connectivity index (χ3v) is 6.38. The molecule has 1 saturated heterocycles. The van der Waals surface area contributed by atoms with Crippen LogP contribution in [0.1, 0.15) is 40.5 Å². The highest BCUT2D eigenvalue weighted by atomic mass is 16.3. The summed E-state index contributed by atoms with van der Waals surface area (Å²) >= 11 is 0. The number of aliphatic hydroxyl groups is 1. The third kappa shape index (κ3) is 3.54. The van der Waals surface area contributed by atoms with Crippen molar-refractivity contribution < 1.29 is 9.90 Å². The van der Waals surface area contributed by atoms with E-state index in [4.69, 9.17) is 0 Å². The van der Waals surface area contributed by atoms with Crippen LogP contribution < -0.4 is 5.32 Å². The Hall–Kier alpha value is -3.72. The average Bonchev–Trinajstić information content (AvgIpc) is 3.48. The number of hydrogen-bond donors (Lipinski definition) is 2. The van der Waals surface area contributed by atoms with E-state index in [2.05, 4.69) is 50.2 Å². The third-order valence-electron chi connectivity index (χ3n) is 6.38. The van der Waals surface area contributed by atoms with E-state index in [1.54, 1.807) is 35.0 Å². The summed E-state index contributed by atoms with van der Waals surface area (Å²) in [6.45, 7) is 4.66. The van der Waals surface area contributed by atoms with Gasteiger partial charge in [0.15, 0.2) is 5.82 Å². The highest BCUT2D eigenvalue weighted by molar-refractivity contribution is 5.95. The molecule has 9 nitrogen and oxygen atoms in total. The SMILES string of the molecule is Cc1nn(-c2ccnc(Nc3ccc4c(c3)c(C)cn4C3CC3)n2)cc1C(=O)N1CC(O)C1. The molecule has 1 aliphatic carbocycles. The minimum Gasteiger partial charge on any atom is -0.389 e. The first-order chi connectivity index (χ1) is 16.0. The predicted octanol–water partition coefficient (Wildman–Crippen LogP) is 3.13. The fraction of sp³-hybridized carbons (Fsp3) is 0.333. The van der Waals surface area contributed by atoms with Gasteiger partial charge in [0.1, 0.15) is 0 Å². The van der Waals surface area contributed by atoms with Crippen LogP contribution >= 0.6 is 0 Å². The molecule has 2 N–H and O–H groups in total. The second-order valence-electron chi connectivity index (χ2n) is 8.98. The first kappa shape index (κ1) is 19.9. The minimum absolute atomic E-state index is 0.127. The number of aryl methyl sites for hydroxylation is 2. The van der Waals surface area contributed by atoms with Crippen LogP contribution in [0.2, 0.25) is 0 Å². The van der Waals surface area contributed by atoms with Crippen LogP contribution in [0.4, 0.5) is 11.6 Å². The molecule has 33 heavy (non-hydrogen) atoms. The van der Waals surface area contributed by atoms with Crippen molar-refractivity contribution in [3.05, 3.63) is 59.7 Å². The molecule has 2 aliphatic rings. The van der Waals surface area contributed by atoms with Crippen LogP contribution in [0.25, 0.3) is 16.7 Å². The number of carbonyl (C=O) groups excluding carboxylic acids is 1. The van der Waals surface area contributed by atoms with Gasteiger partial charge in [-0.2, -0.15) is 10.1 Å². The van der Waals surface area contributed by atoms with E-state index in [0.29, 0.717) is 42.2 Å². The fourth-order valence-corrected chi connectivity index (χ4v) is 4.40. The number of hydrogen-bond acceptors (Lipinski definition) is 6. The van der Waals surface area contributed by atoms with Crippen LogP contribution in [-0.4, -0.2) is 59.4 Å². The quantitative estimate of drug-likeness (QED) is 0.492. The maximum Gasteiger partial charge on any atom is 0.257 e. The molecule has 0 unspecified atom stereocenters. The van der Waals surface area contributed by atoms with Crippen molar-refractivity contribution in [3.63, 3.8) is 0 Å². The van der Waals surface area contributed by atoms with Crippen LogP contribution in [0.15, 0.2) is 42.9 Å². The standard InChI is InChI=1S/C24H25N7O2/c1-14-10-30(17-4-5-17)21-6-3-16(9-19(14)21)26-24-25-8-7-22(27-24)31-13-20(15(2)28-31)23(33)29-11-18(32)12-29/h3,6-10,13,17-18,32H,4-5,11-12H2,1-2H3,(H,25,26,27). The highest BCUT2D eigenvalue weighted by Gasteiger charge is 2.31. The zero-order valence-corrected chi connectivity index (χ0v) is 18.6. The van der Waals surface area contributed by atoms with Gasteiger partial charge in [-0.3, -0.25) is 4.79 Å². The molecule has 0 bridgehead atoms. The molecular weight excluding hydrogens is 418 g/mol. The van der Waals surface area contributed by atoms with E-state index in [1.165, 1.54) is 29.3 Å². The number of aromatic nitrogens is 5. The number of β-amino-alcohol motifs (C(OH)–C–C–N with tert-alkyl or cyclic N) is 1. The van der Waals surface area contributed by atoms with Crippen molar-refractivity contribution in [2.45, 2.75) is 38.8 Å². The van der Waals surface area contributed by atoms with Crippen LogP contribution in [0, 0.1) is 13.8 Å². The van der Waals surface area contributed by atoms with Gasteiger partial charge in [-0.25, -0.2) is 9.67 Å². The molecule has 4 aromatic rings. The summed E-state index contributed by atoms with van der Waals surface area (Å²) in [7, 11) is 0. The number of fused-ring (bicyclic) bond motifs is 1. The van der Waals surface area contributed by atoms with E-state index in [-0.39, 0.29) is 5.91 Å². The Labute approximate surface area is 190 Å². The van der Waals surface area contributed by atoms with Crippen molar-refractivity contribution in [3.8, 4) is 5.82 Å². The summed E-state index contributed by atoms with van der Waals surface area (Å²) in [5.74, 6) is 0.895. The number of rotatable bonds is 5. The maximum absolute atomic E-state index is 12.6. The van der Waals surface area contributed by atoms with Crippen LogP contribution in [-0.2, 0) is 0 Å². The monoisotopic (exact) mass is 443 g/mol. The molecular formula is C24H25N7O2. The second-order valence-corrected chi connectivity index (χ2v) is 8.98. The molecule has 0 spiro atoms. The molecule has 0 radical (unpaired) electrons. The second kappa shape index (κ2) is 7.41. The van der Waals surface area contributed by atoms with Crippen molar-refractivity contribution >= 4 is 28.4 Å². The van der Waals surface area contributed by atoms with E-state index >= 15 is 0 Å². The first-order valence-electron chi connectivity index (χ1n) is 11.2. The Bertz CT molecular complexity index is 1380. The van der Waals surface area contributed by atoms with Gasteiger partial charge in [0.25, 0.3) is 5.91 Å². The van der Waals surface area contributed by atoms with Gasteiger partial charge in [-0.05, 0) is 50.5 Å². The lowest BCUT2D eigenvalue weighted by molar-refractivity contribution is 0.00584. The zero-order chi connectivity index (χ0) is 22.7. The smallest absolute Gasteiger partial charge is 0.257 e. The van der Waals surface area contributed by atoms with E-state index < -0.39 is 6.10 Å². The summed E-state index contributed by atoms with van der Waals surface area (Å²) in [5, 5.41) is 18.5. The molecule has 1 saturated carbocycles. The number of benzene rings is 1. The number of anilines is 2. The Morgan fingerprint density at radius 1 is 1.15 bits per heavy atom. The van der Waals surface area contributed by atoms with Crippen molar-refractivity contribution in [1.29, 1.82) is 0 Å². The number of nitrogens with one attached hydrogen (secondary N) is 1. The Morgan fingerprint density at radius 2 is 1.97 bits per heavy atom.